The van der Waals surface area contributed by atoms with Gasteiger partial charge in [-0.3, -0.25) is 9.59 Å². The monoisotopic (exact) mass is 884 g/mol. The van der Waals surface area contributed by atoms with Crippen LogP contribution in [0.1, 0.15) is 194 Å². The van der Waals surface area contributed by atoms with E-state index < -0.39 is 18.2 Å². The summed E-state index contributed by atoms with van der Waals surface area (Å²) in [4.78, 5) is 26.1. The van der Waals surface area contributed by atoms with Gasteiger partial charge in [-0.05, 0) is 77.0 Å². The van der Waals surface area contributed by atoms with Crippen molar-refractivity contribution in [1.29, 1.82) is 0 Å². The lowest BCUT2D eigenvalue weighted by molar-refractivity contribution is -0.150. The summed E-state index contributed by atoms with van der Waals surface area (Å²) < 4.78 is 5.84. The van der Waals surface area contributed by atoms with Gasteiger partial charge in [0.1, 0.15) is 6.10 Å². The molecule has 0 bridgehead atoms. The van der Waals surface area contributed by atoms with Crippen molar-refractivity contribution >= 4 is 11.9 Å². The summed E-state index contributed by atoms with van der Waals surface area (Å²) in [6.07, 6.45) is 70.9. The van der Waals surface area contributed by atoms with Crippen molar-refractivity contribution in [1.82, 2.24) is 5.32 Å². The van der Waals surface area contributed by atoms with Gasteiger partial charge in [-0.1, -0.05) is 238 Å². The Balaban J connectivity index is 4.81. The van der Waals surface area contributed by atoms with Crippen LogP contribution in [0.4, 0.5) is 0 Å². The van der Waals surface area contributed by atoms with Crippen molar-refractivity contribution < 1.29 is 24.5 Å². The number of amides is 1. The lowest BCUT2D eigenvalue weighted by Crippen LogP contribution is -2.46. The maximum Gasteiger partial charge on any atom is 0.306 e. The predicted octanol–water partition coefficient (Wildman–Crippen LogP) is 15.4. The van der Waals surface area contributed by atoms with E-state index in [9.17, 15) is 19.8 Å². The lowest BCUT2D eigenvalue weighted by Gasteiger charge is -2.24. The first kappa shape index (κ1) is 60.0. The SMILES string of the molecule is CC/C=C\C/C=C\C/C=C\C/C=C\C/C=C\C/C=C\CCC(=O)OC(CCC/C=C/C=C\C=C/C=C/C=C/CC)CC(=O)NC(CO)C(O)CCCCCCCCCCCCCCC. The van der Waals surface area contributed by atoms with Gasteiger partial charge in [0.15, 0.2) is 0 Å². The van der Waals surface area contributed by atoms with Gasteiger partial charge in [-0.25, -0.2) is 0 Å². The molecule has 0 aliphatic carbocycles. The van der Waals surface area contributed by atoms with Gasteiger partial charge >= 0.3 is 5.97 Å². The minimum absolute atomic E-state index is 0.0109. The standard InChI is InChI=1S/C58H93NO5/c1-4-7-10-13-16-19-22-25-26-27-28-29-30-33-36-39-42-45-48-51-58(63)64-54(49-46-43-40-37-34-31-23-20-17-14-11-8-5-2)52-57(62)59-55(53-60)56(61)50-47-44-41-38-35-32-24-21-18-15-12-9-6-3/h7-8,10-11,14,16-17,19-20,23,25-26,28-29,31,33-34,36-37,40,42,45,54-56,60-61H,4-6,9,12-13,15,18,21-22,24,27,30,32,35,38-39,41,43-44,46-53H2,1-3H3,(H,59,62)/b10-7-,11-8+,17-14+,19-16-,23-20-,26-25-,29-28-,34-31-,36-33-,40-37+,45-42-. The van der Waals surface area contributed by atoms with E-state index in [4.69, 9.17) is 4.74 Å². The summed E-state index contributed by atoms with van der Waals surface area (Å²) >= 11 is 0. The number of carbonyl (C=O) groups excluding carboxylic acids is 2. The summed E-state index contributed by atoms with van der Waals surface area (Å²) in [6.45, 7) is 6.17. The molecule has 0 aromatic rings. The Bertz CT molecular complexity index is 1410. The number of esters is 1. The van der Waals surface area contributed by atoms with Gasteiger partial charge in [-0.15, -0.1) is 0 Å². The molecule has 0 heterocycles. The molecule has 3 atom stereocenters. The van der Waals surface area contributed by atoms with Crippen LogP contribution in [0.3, 0.4) is 0 Å². The fraction of sp³-hybridized carbons (Fsp3) is 0.586. The van der Waals surface area contributed by atoms with E-state index >= 15 is 0 Å². The molecule has 6 heteroatoms. The largest absolute Gasteiger partial charge is 0.462 e. The molecule has 64 heavy (non-hydrogen) atoms. The number of aliphatic hydroxyl groups is 2. The highest BCUT2D eigenvalue weighted by Gasteiger charge is 2.23. The third kappa shape index (κ3) is 44.6. The molecule has 0 spiro atoms. The van der Waals surface area contributed by atoms with Crippen LogP contribution in [0.2, 0.25) is 0 Å². The molecule has 0 aliphatic heterocycles. The van der Waals surface area contributed by atoms with Crippen molar-refractivity contribution in [2.24, 2.45) is 0 Å². The second-order valence-corrected chi connectivity index (χ2v) is 16.6. The molecule has 6 nitrogen and oxygen atoms in total. The van der Waals surface area contributed by atoms with Crippen LogP contribution >= 0.6 is 0 Å². The Hall–Kier alpha value is -4.00. The van der Waals surface area contributed by atoms with E-state index in [1.54, 1.807) is 0 Å². The molecule has 0 rings (SSSR count). The minimum Gasteiger partial charge on any atom is -0.462 e. The van der Waals surface area contributed by atoms with Crippen LogP contribution in [0.15, 0.2) is 134 Å². The molecule has 3 unspecified atom stereocenters. The smallest absolute Gasteiger partial charge is 0.306 e. The molecule has 360 valence electrons. The molecular weight excluding hydrogens is 791 g/mol. The van der Waals surface area contributed by atoms with Crippen molar-refractivity contribution in [3.8, 4) is 0 Å². The number of unbranched alkanes of at least 4 members (excludes halogenated alkanes) is 13. The number of ether oxygens (including phenoxy) is 1. The Morgan fingerprint density at radius 2 is 0.922 bits per heavy atom. The highest BCUT2D eigenvalue weighted by molar-refractivity contribution is 5.77. The van der Waals surface area contributed by atoms with Gasteiger partial charge in [0.05, 0.1) is 25.2 Å². The molecular formula is C58H93NO5. The summed E-state index contributed by atoms with van der Waals surface area (Å²) in [7, 11) is 0. The van der Waals surface area contributed by atoms with Crippen LogP contribution in [0.25, 0.3) is 0 Å². The quantitative estimate of drug-likeness (QED) is 0.0245. The minimum atomic E-state index is -0.828. The van der Waals surface area contributed by atoms with E-state index in [0.717, 1.165) is 77.0 Å². The summed E-state index contributed by atoms with van der Waals surface area (Å²) in [5.41, 5.74) is 0. The van der Waals surface area contributed by atoms with E-state index in [1.807, 2.05) is 54.7 Å². The van der Waals surface area contributed by atoms with Crippen LogP contribution in [-0.2, 0) is 14.3 Å². The Labute approximate surface area is 393 Å². The number of nitrogens with one attached hydrogen (secondary N) is 1. The van der Waals surface area contributed by atoms with Gasteiger partial charge in [0.2, 0.25) is 5.91 Å². The normalized spacial score (nSPS) is 14.4. The van der Waals surface area contributed by atoms with Crippen molar-refractivity contribution in [2.45, 2.75) is 212 Å². The number of rotatable bonds is 43. The van der Waals surface area contributed by atoms with Crippen LogP contribution in [0, 0.1) is 0 Å². The first-order valence-corrected chi connectivity index (χ1v) is 25.5. The molecule has 0 saturated carbocycles. The average molecular weight is 884 g/mol. The summed E-state index contributed by atoms with van der Waals surface area (Å²) in [6, 6.07) is -0.749. The first-order valence-electron chi connectivity index (χ1n) is 25.5. The van der Waals surface area contributed by atoms with Crippen molar-refractivity contribution in [3.05, 3.63) is 134 Å². The number of allylic oxidation sites excluding steroid dienone is 22. The number of hydrogen-bond acceptors (Lipinski definition) is 5. The van der Waals surface area contributed by atoms with Gasteiger partial charge < -0.3 is 20.3 Å². The van der Waals surface area contributed by atoms with Gasteiger partial charge in [-0.2, -0.15) is 0 Å². The van der Waals surface area contributed by atoms with E-state index in [-0.39, 0.29) is 31.3 Å². The second kappa shape index (κ2) is 50.0. The van der Waals surface area contributed by atoms with E-state index in [0.29, 0.717) is 19.3 Å². The van der Waals surface area contributed by atoms with Crippen LogP contribution in [-0.4, -0.2) is 46.9 Å². The molecule has 0 radical (unpaired) electrons. The highest BCUT2D eigenvalue weighted by atomic mass is 16.5. The zero-order valence-corrected chi connectivity index (χ0v) is 40.9. The van der Waals surface area contributed by atoms with Crippen LogP contribution < -0.4 is 5.32 Å². The molecule has 0 aliphatic rings. The van der Waals surface area contributed by atoms with E-state index in [1.165, 1.54) is 64.2 Å². The van der Waals surface area contributed by atoms with Crippen molar-refractivity contribution in [3.63, 3.8) is 0 Å². The fourth-order valence-corrected chi connectivity index (χ4v) is 6.83. The maximum atomic E-state index is 13.2. The first-order chi connectivity index (χ1) is 31.5. The Morgan fingerprint density at radius 1 is 0.484 bits per heavy atom. The molecule has 3 N–H and O–H groups in total. The summed E-state index contributed by atoms with van der Waals surface area (Å²) in [5.74, 6) is -0.661. The predicted molar refractivity (Wildman–Crippen MR) is 277 cm³/mol. The zero-order chi connectivity index (χ0) is 46.7. The molecule has 1 amide bonds. The molecule has 0 saturated heterocycles. The van der Waals surface area contributed by atoms with Crippen molar-refractivity contribution in [2.75, 3.05) is 6.61 Å². The lowest BCUT2D eigenvalue weighted by atomic mass is 10.0. The number of hydrogen-bond donors (Lipinski definition) is 3. The number of carbonyl (C=O) groups is 2. The average Bonchev–Trinajstić information content (AvgIpc) is 3.29. The second-order valence-electron chi connectivity index (χ2n) is 16.6. The third-order valence-corrected chi connectivity index (χ3v) is 10.6. The van der Waals surface area contributed by atoms with Crippen LogP contribution in [0.5, 0.6) is 0 Å². The van der Waals surface area contributed by atoms with Gasteiger partial charge in [0.25, 0.3) is 0 Å². The van der Waals surface area contributed by atoms with Gasteiger partial charge in [0, 0.05) is 6.42 Å². The fourth-order valence-electron chi connectivity index (χ4n) is 6.83. The summed E-state index contributed by atoms with van der Waals surface area (Å²) in [5, 5.41) is 23.7. The third-order valence-electron chi connectivity index (χ3n) is 10.6. The molecule has 0 aromatic heterocycles. The van der Waals surface area contributed by atoms with E-state index in [2.05, 4.69) is 105 Å². The molecule has 0 fully saturated rings. The topological polar surface area (TPSA) is 95.9 Å². The number of aliphatic hydroxyl groups excluding tert-OH is 2. The molecule has 0 aromatic carbocycles. The highest BCUT2D eigenvalue weighted by Crippen LogP contribution is 2.16. The Kier molecular flexibility index (Phi) is 46.9. The maximum absolute atomic E-state index is 13.2. The Morgan fingerprint density at radius 3 is 1.41 bits per heavy atom. The zero-order valence-electron chi connectivity index (χ0n) is 40.9.